The molecule has 3 heterocycles. The molecule has 3 aliphatic heterocycles. The van der Waals surface area contributed by atoms with E-state index in [9.17, 15) is 9.90 Å². The van der Waals surface area contributed by atoms with Gasteiger partial charge in [0, 0.05) is 19.5 Å². The fourth-order valence-electron chi connectivity index (χ4n) is 3.25. The molecule has 0 saturated carbocycles. The molecule has 0 amide bonds. The highest BCUT2D eigenvalue weighted by Crippen LogP contribution is 2.33. The molecule has 4 nitrogen and oxygen atoms in total. The molecule has 1 aromatic rings. The third-order valence-electron chi connectivity index (χ3n) is 4.51. The molecule has 1 aromatic carbocycles. The second-order valence-corrected chi connectivity index (χ2v) is 5.75. The number of aliphatic hydroxyl groups is 1. The molecule has 3 fully saturated rings. The summed E-state index contributed by atoms with van der Waals surface area (Å²) >= 11 is 0. The average Bonchev–Trinajstić information content (AvgIpc) is 2.50. The molecular formula is C16H21NO3. The molecule has 0 aliphatic carbocycles. The van der Waals surface area contributed by atoms with Crippen LogP contribution in [-0.4, -0.2) is 41.9 Å². The number of fused-ring (bicyclic) bond motifs is 3. The molecule has 4 heteroatoms. The predicted molar refractivity (Wildman–Crippen MR) is 75.1 cm³/mol. The summed E-state index contributed by atoms with van der Waals surface area (Å²) in [4.78, 5) is 14.6. The zero-order valence-electron chi connectivity index (χ0n) is 11.6. The molecule has 108 valence electrons. The molecule has 0 spiro atoms. The van der Waals surface area contributed by atoms with Crippen molar-refractivity contribution in [1.29, 1.82) is 0 Å². The number of nitrogens with zero attached hydrogens (tertiary/aromatic N) is 1. The summed E-state index contributed by atoms with van der Waals surface area (Å²) in [6.07, 6.45) is 3.29. The summed E-state index contributed by atoms with van der Waals surface area (Å²) in [6.45, 7) is 1.84. The smallest absolute Gasteiger partial charge is 0.317 e. The van der Waals surface area contributed by atoms with Crippen molar-refractivity contribution in [3.8, 4) is 0 Å². The predicted octanol–water partition coefficient (Wildman–Crippen LogP) is 1.75. The van der Waals surface area contributed by atoms with Gasteiger partial charge in [-0.25, -0.2) is 0 Å². The summed E-state index contributed by atoms with van der Waals surface area (Å²) in [5.74, 6) is -0.184. The van der Waals surface area contributed by atoms with Gasteiger partial charge in [-0.15, -0.1) is 0 Å². The van der Waals surface area contributed by atoms with Crippen molar-refractivity contribution in [2.45, 2.75) is 31.4 Å². The minimum Gasteiger partial charge on any atom is -0.446 e. The summed E-state index contributed by atoms with van der Waals surface area (Å²) in [6, 6.07) is 9.36. The SMILES string of the molecule is O=C(OC1CC2CCN1CC2)C(CO)c1ccccc1. The van der Waals surface area contributed by atoms with Gasteiger partial charge in [0.1, 0.15) is 5.92 Å². The van der Waals surface area contributed by atoms with Crippen molar-refractivity contribution < 1.29 is 14.6 Å². The molecular weight excluding hydrogens is 254 g/mol. The highest BCUT2D eigenvalue weighted by molar-refractivity contribution is 5.78. The zero-order chi connectivity index (χ0) is 13.9. The van der Waals surface area contributed by atoms with Crippen LogP contribution >= 0.6 is 0 Å². The quantitative estimate of drug-likeness (QED) is 0.851. The number of aliphatic hydroxyl groups excluding tert-OH is 1. The maximum atomic E-state index is 12.3. The Bertz CT molecular complexity index is 454. The van der Waals surface area contributed by atoms with Gasteiger partial charge in [-0.05, 0) is 24.3 Å². The lowest BCUT2D eigenvalue weighted by atomic mass is 9.87. The van der Waals surface area contributed by atoms with E-state index in [2.05, 4.69) is 4.90 Å². The largest absolute Gasteiger partial charge is 0.446 e. The first kappa shape index (κ1) is 13.6. The molecule has 2 bridgehead atoms. The normalized spacial score (nSPS) is 29.9. The first-order valence-corrected chi connectivity index (χ1v) is 7.38. The number of benzene rings is 1. The molecule has 0 radical (unpaired) electrons. The van der Waals surface area contributed by atoms with Crippen LogP contribution in [0.15, 0.2) is 30.3 Å². The highest BCUT2D eigenvalue weighted by Gasteiger charge is 2.37. The lowest BCUT2D eigenvalue weighted by Crippen LogP contribution is -2.50. The van der Waals surface area contributed by atoms with E-state index in [4.69, 9.17) is 4.74 Å². The Balaban J connectivity index is 1.66. The lowest BCUT2D eigenvalue weighted by molar-refractivity contribution is -0.173. The molecule has 0 aromatic heterocycles. The van der Waals surface area contributed by atoms with E-state index in [-0.39, 0.29) is 18.8 Å². The molecule has 20 heavy (non-hydrogen) atoms. The minimum absolute atomic E-state index is 0.0900. The molecule has 3 saturated heterocycles. The highest BCUT2D eigenvalue weighted by atomic mass is 16.6. The van der Waals surface area contributed by atoms with Crippen LogP contribution in [0.25, 0.3) is 0 Å². The van der Waals surface area contributed by atoms with Gasteiger partial charge in [-0.1, -0.05) is 30.3 Å². The fraction of sp³-hybridized carbons (Fsp3) is 0.562. The van der Waals surface area contributed by atoms with Crippen LogP contribution in [0.2, 0.25) is 0 Å². The average molecular weight is 275 g/mol. The first-order chi connectivity index (χ1) is 9.78. The zero-order valence-corrected chi connectivity index (χ0v) is 11.6. The van der Waals surface area contributed by atoms with Crippen LogP contribution in [0, 0.1) is 5.92 Å². The number of piperidine rings is 3. The van der Waals surface area contributed by atoms with E-state index in [1.165, 1.54) is 12.8 Å². The van der Waals surface area contributed by atoms with Crippen molar-refractivity contribution in [2.24, 2.45) is 5.92 Å². The van der Waals surface area contributed by atoms with Gasteiger partial charge in [-0.3, -0.25) is 9.69 Å². The van der Waals surface area contributed by atoms with Gasteiger partial charge in [0.25, 0.3) is 0 Å². The van der Waals surface area contributed by atoms with Crippen molar-refractivity contribution in [1.82, 2.24) is 4.90 Å². The van der Waals surface area contributed by atoms with Crippen LogP contribution in [0.5, 0.6) is 0 Å². The lowest BCUT2D eigenvalue weighted by Gasteiger charge is -2.44. The van der Waals surface area contributed by atoms with Gasteiger partial charge in [0.15, 0.2) is 6.23 Å². The van der Waals surface area contributed by atoms with Crippen LogP contribution in [0.1, 0.15) is 30.7 Å². The van der Waals surface area contributed by atoms with Gasteiger partial charge in [-0.2, -0.15) is 0 Å². The van der Waals surface area contributed by atoms with Gasteiger partial charge >= 0.3 is 5.97 Å². The molecule has 1 N–H and O–H groups in total. The number of ether oxygens (including phenoxy) is 1. The van der Waals surface area contributed by atoms with Crippen molar-refractivity contribution in [3.05, 3.63) is 35.9 Å². The first-order valence-electron chi connectivity index (χ1n) is 7.38. The topological polar surface area (TPSA) is 49.8 Å². The van der Waals surface area contributed by atoms with Crippen LogP contribution in [-0.2, 0) is 9.53 Å². The summed E-state index contributed by atoms with van der Waals surface area (Å²) in [7, 11) is 0. The van der Waals surface area contributed by atoms with Crippen molar-refractivity contribution in [3.63, 3.8) is 0 Å². The van der Waals surface area contributed by atoms with E-state index in [0.717, 1.165) is 25.1 Å². The van der Waals surface area contributed by atoms with Gasteiger partial charge in [0.05, 0.1) is 6.61 Å². The number of hydrogen-bond acceptors (Lipinski definition) is 4. The Labute approximate surface area is 119 Å². The molecule has 2 unspecified atom stereocenters. The maximum absolute atomic E-state index is 12.3. The van der Waals surface area contributed by atoms with E-state index in [0.29, 0.717) is 5.92 Å². The van der Waals surface area contributed by atoms with E-state index in [1.54, 1.807) is 0 Å². The fourth-order valence-corrected chi connectivity index (χ4v) is 3.25. The number of rotatable bonds is 4. The standard InChI is InChI=1S/C16H21NO3/c18-11-14(13-4-2-1-3-5-13)16(19)20-15-10-12-6-8-17(15)9-7-12/h1-5,12,14-15,18H,6-11H2. The Kier molecular flexibility index (Phi) is 4.03. The van der Waals surface area contributed by atoms with Crippen LogP contribution < -0.4 is 0 Å². The summed E-state index contributed by atoms with van der Waals surface area (Å²) in [5.41, 5.74) is 0.816. The number of carbonyl (C=O) groups is 1. The summed E-state index contributed by atoms with van der Waals surface area (Å²) in [5, 5.41) is 9.50. The number of carbonyl (C=O) groups excluding carboxylic acids is 1. The van der Waals surface area contributed by atoms with Crippen molar-refractivity contribution in [2.75, 3.05) is 19.7 Å². The second kappa shape index (κ2) is 5.94. The monoisotopic (exact) mass is 275 g/mol. The third kappa shape index (κ3) is 2.72. The Morgan fingerprint density at radius 2 is 2.00 bits per heavy atom. The Hall–Kier alpha value is -1.39. The Morgan fingerprint density at radius 3 is 2.55 bits per heavy atom. The Morgan fingerprint density at radius 1 is 1.30 bits per heavy atom. The maximum Gasteiger partial charge on any atom is 0.317 e. The molecule has 2 atom stereocenters. The van der Waals surface area contributed by atoms with E-state index < -0.39 is 5.92 Å². The van der Waals surface area contributed by atoms with Gasteiger partial charge in [0.2, 0.25) is 0 Å². The summed E-state index contributed by atoms with van der Waals surface area (Å²) < 4.78 is 5.66. The van der Waals surface area contributed by atoms with Gasteiger partial charge < -0.3 is 9.84 Å². The number of esters is 1. The van der Waals surface area contributed by atoms with Crippen LogP contribution in [0.3, 0.4) is 0 Å². The number of hydrogen-bond donors (Lipinski definition) is 1. The third-order valence-corrected chi connectivity index (χ3v) is 4.51. The van der Waals surface area contributed by atoms with E-state index >= 15 is 0 Å². The van der Waals surface area contributed by atoms with E-state index in [1.807, 2.05) is 30.3 Å². The molecule has 3 aliphatic rings. The van der Waals surface area contributed by atoms with Crippen molar-refractivity contribution >= 4 is 5.97 Å². The molecule has 4 rings (SSSR count). The van der Waals surface area contributed by atoms with Crippen LogP contribution in [0.4, 0.5) is 0 Å². The minimum atomic E-state index is -0.571. The second-order valence-electron chi connectivity index (χ2n) is 5.75.